The zero-order valence-corrected chi connectivity index (χ0v) is 13.1. The van der Waals surface area contributed by atoms with Crippen LogP contribution in [0.15, 0.2) is 46.9 Å². The number of hydrogen-bond donors (Lipinski definition) is 2. The molecule has 2 aromatic rings. The molecule has 0 spiro atoms. The van der Waals surface area contributed by atoms with Crippen LogP contribution in [0.3, 0.4) is 0 Å². The molecule has 0 fully saturated rings. The second-order valence-electron chi connectivity index (χ2n) is 4.69. The Labute approximate surface area is 127 Å². The predicted octanol–water partition coefficient (Wildman–Crippen LogP) is 4.33. The van der Waals surface area contributed by atoms with Crippen LogP contribution in [-0.2, 0) is 11.3 Å². The summed E-state index contributed by atoms with van der Waals surface area (Å²) >= 11 is 3.46. The van der Waals surface area contributed by atoms with E-state index in [2.05, 4.69) is 45.6 Å². The number of carbonyl (C=O) groups is 1. The number of hydrogen-bond acceptors (Lipinski definition) is 2. The summed E-state index contributed by atoms with van der Waals surface area (Å²) in [4.78, 5) is 10.9. The lowest BCUT2D eigenvalue weighted by Gasteiger charge is -2.10. The molecular weight excluding hydrogens is 316 g/mol. The monoisotopic (exact) mass is 332 g/mol. The number of anilines is 2. The minimum absolute atomic E-state index is 0.0543. The molecule has 3 nitrogen and oxygen atoms in total. The quantitative estimate of drug-likeness (QED) is 0.874. The summed E-state index contributed by atoms with van der Waals surface area (Å²) in [6.07, 6.45) is 0. The van der Waals surface area contributed by atoms with Gasteiger partial charge in [0.1, 0.15) is 0 Å². The van der Waals surface area contributed by atoms with E-state index >= 15 is 0 Å². The van der Waals surface area contributed by atoms with E-state index in [1.165, 1.54) is 18.1 Å². The summed E-state index contributed by atoms with van der Waals surface area (Å²) < 4.78 is 1.08. The van der Waals surface area contributed by atoms with E-state index in [-0.39, 0.29) is 5.91 Å². The topological polar surface area (TPSA) is 41.1 Å². The number of rotatable bonds is 4. The van der Waals surface area contributed by atoms with E-state index < -0.39 is 0 Å². The maximum Gasteiger partial charge on any atom is 0.221 e. The maximum absolute atomic E-state index is 10.9. The smallest absolute Gasteiger partial charge is 0.221 e. The molecule has 0 unspecified atom stereocenters. The van der Waals surface area contributed by atoms with E-state index in [1.54, 1.807) is 0 Å². The average molecular weight is 333 g/mol. The predicted molar refractivity (Wildman–Crippen MR) is 87.0 cm³/mol. The molecule has 20 heavy (non-hydrogen) atoms. The van der Waals surface area contributed by atoms with Crippen molar-refractivity contribution in [3.8, 4) is 0 Å². The zero-order valence-electron chi connectivity index (χ0n) is 11.5. The van der Waals surface area contributed by atoms with E-state index in [1.807, 2.05) is 30.3 Å². The van der Waals surface area contributed by atoms with Gasteiger partial charge in [0.25, 0.3) is 0 Å². The van der Waals surface area contributed by atoms with E-state index in [0.717, 1.165) is 22.4 Å². The highest BCUT2D eigenvalue weighted by molar-refractivity contribution is 9.10. The van der Waals surface area contributed by atoms with Gasteiger partial charge in [0, 0.05) is 29.3 Å². The molecule has 1 amide bonds. The van der Waals surface area contributed by atoms with E-state index in [9.17, 15) is 4.79 Å². The molecule has 2 N–H and O–H groups in total. The summed E-state index contributed by atoms with van der Waals surface area (Å²) in [5, 5.41) is 6.17. The Balaban J connectivity index is 1.98. The standard InChI is InChI=1S/C16H17BrN2O/c1-11-9-14(17)5-8-16(11)18-10-13-3-6-15(7-4-13)19-12(2)20/h3-9,18H,10H2,1-2H3,(H,19,20). The van der Waals surface area contributed by atoms with Crippen molar-refractivity contribution in [3.05, 3.63) is 58.1 Å². The molecule has 0 saturated carbocycles. The Bertz CT molecular complexity index is 608. The van der Waals surface area contributed by atoms with Gasteiger partial charge in [0.15, 0.2) is 0 Å². The van der Waals surface area contributed by atoms with Gasteiger partial charge in [-0.3, -0.25) is 4.79 Å². The number of nitrogens with one attached hydrogen (secondary N) is 2. The summed E-state index contributed by atoms with van der Waals surface area (Å²) in [5.41, 5.74) is 4.32. The van der Waals surface area contributed by atoms with Crippen LogP contribution in [0.25, 0.3) is 0 Å². The average Bonchev–Trinajstić information content (AvgIpc) is 2.39. The molecule has 0 bridgehead atoms. The molecule has 4 heteroatoms. The molecule has 0 aromatic heterocycles. The highest BCUT2D eigenvalue weighted by atomic mass is 79.9. The van der Waals surface area contributed by atoms with Crippen molar-refractivity contribution < 1.29 is 4.79 Å². The Hall–Kier alpha value is -1.81. The van der Waals surface area contributed by atoms with Gasteiger partial charge in [-0.25, -0.2) is 0 Å². The van der Waals surface area contributed by atoms with Crippen molar-refractivity contribution in [1.82, 2.24) is 0 Å². The van der Waals surface area contributed by atoms with Crippen LogP contribution in [0.4, 0.5) is 11.4 Å². The molecular formula is C16H17BrN2O. The third-order valence-corrected chi connectivity index (χ3v) is 3.44. The highest BCUT2D eigenvalue weighted by Gasteiger charge is 2.00. The first-order valence-corrected chi connectivity index (χ1v) is 7.20. The van der Waals surface area contributed by atoms with Crippen LogP contribution >= 0.6 is 15.9 Å². The highest BCUT2D eigenvalue weighted by Crippen LogP contribution is 2.21. The molecule has 0 aliphatic carbocycles. The second kappa shape index (κ2) is 6.57. The lowest BCUT2D eigenvalue weighted by Crippen LogP contribution is -2.06. The molecule has 0 radical (unpaired) electrons. The van der Waals surface area contributed by atoms with Crippen LogP contribution < -0.4 is 10.6 Å². The Morgan fingerprint density at radius 3 is 2.45 bits per heavy atom. The molecule has 0 saturated heterocycles. The fourth-order valence-corrected chi connectivity index (χ4v) is 2.41. The van der Waals surface area contributed by atoms with Gasteiger partial charge in [0.2, 0.25) is 5.91 Å². The van der Waals surface area contributed by atoms with E-state index in [4.69, 9.17) is 0 Å². The zero-order chi connectivity index (χ0) is 14.5. The third-order valence-electron chi connectivity index (χ3n) is 2.95. The number of halogens is 1. The van der Waals surface area contributed by atoms with Gasteiger partial charge in [-0.2, -0.15) is 0 Å². The Kier molecular flexibility index (Phi) is 4.79. The van der Waals surface area contributed by atoms with Gasteiger partial charge in [-0.1, -0.05) is 28.1 Å². The van der Waals surface area contributed by atoms with Crippen LogP contribution in [-0.4, -0.2) is 5.91 Å². The van der Waals surface area contributed by atoms with Crippen molar-refractivity contribution in [1.29, 1.82) is 0 Å². The molecule has 104 valence electrons. The molecule has 0 atom stereocenters. The molecule has 2 aromatic carbocycles. The van der Waals surface area contributed by atoms with Crippen molar-refractivity contribution in [2.24, 2.45) is 0 Å². The summed E-state index contributed by atoms with van der Waals surface area (Å²) in [7, 11) is 0. The van der Waals surface area contributed by atoms with Crippen LogP contribution in [0.1, 0.15) is 18.1 Å². The largest absolute Gasteiger partial charge is 0.381 e. The second-order valence-corrected chi connectivity index (χ2v) is 5.61. The molecule has 0 aliphatic heterocycles. The fraction of sp³-hybridized carbons (Fsp3) is 0.188. The first-order valence-electron chi connectivity index (χ1n) is 6.41. The minimum Gasteiger partial charge on any atom is -0.381 e. The Morgan fingerprint density at radius 1 is 1.15 bits per heavy atom. The number of carbonyl (C=O) groups excluding carboxylic acids is 1. The van der Waals surface area contributed by atoms with Crippen LogP contribution in [0.5, 0.6) is 0 Å². The third kappa shape index (κ3) is 4.10. The maximum atomic E-state index is 10.9. The summed E-state index contributed by atoms with van der Waals surface area (Å²) in [5.74, 6) is -0.0543. The summed E-state index contributed by atoms with van der Waals surface area (Å²) in [6, 6.07) is 14.0. The van der Waals surface area contributed by atoms with Gasteiger partial charge < -0.3 is 10.6 Å². The fourth-order valence-electron chi connectivity index (χ4n) is 1.93. The molecule has 0 heterocycles. The lowest BCUT2D eigenvalue weighted by atomic mass is 10.1. The van der Waals surface area contributed by atoms with Crippen LogP contribution in [0, 0.1) is 6.92 Å². The van der Waals surface area contributed by atoms with Gasteiger partial charge in [0.05, 0.1) is 0 Å². The molecule has 2 rings (SSSR count). The van der Waals surface area contributed by atoms with Crippen molar-refractivity contribution in [2.45, 2.75) is 20.4 Å². The van der Waals surface area contributed by atoms with Crippen molar-refractivity contribution in [2.75, 3.05) is 10.6 Å². The van der Waals surface area contributed by atoms with Gasteiger partial charge in [-0.15, -0.1) is 0 Å². The summed E-state index contributed by atoms with van der Waals surface area (Å²) in [6.45, 7) is 4.33. The number of aryl methyl sites for hydroxylation is 1. The Morgan fingerprint density at radius 2 is 1.85 bits per heavy atom. The van der Waals surface area contributed by atoms with Gasteiger partial charge in [-0.05, 0) is 48.4 Å². The first-order chi connectivity index (χ1) is 9.54. The normalized spacial score (nSPS) is 10.2. The van der Waals surface area contributed by atoms with Gasteiger partial charge >= 0.3 is 0 Å². The SMILES string of the molecule is CC(=O)Nc1ccc(CNc2ccc(Br)cc2C)cc1. The lowest BCUT2D eigenvalue weighted by molar-refractivity contribution is -0.114. The van der Waals surface area contributed by atoms with Crippen molar-refractivity contribution in [3.63, 3.8) is 0 Å². The minimum atomic E-state index is -0.0543. The van der Waals surface area contributed by atoms with Crippen LogP contribution in [0.2, 0.25) is 0 Å². The number of amides is 1. The molecule has 0 aliphatic rings. The van der Waals surface area contributed by atoms with E-state index in [0.29, 0.717) is 0 Å². The first kappa shape index (κ1) is 14.6. The van der Waals surface area contributed by atoms with Crippen molar-refractivity contribution >= 4 is 33.2 Å². The number of benzene rings is 2.